The first-order chi connectivity index (χ1) is 15.1. The van der Waals surface area contributed by atoms with Gasteiger partial charge in [0.25, 0.3) is 5.91 Å². The Hall–Kier alpha value is -3.38. The van der Waals surface area contributed by atoms with Crippen LogP contribution in [0.5, 0.6) is 0 Å². The smallest absolute Gasteiger partial charge is 0.254 e. The minimum atomic E-state index is -0.0856. The van der Waals surface area contributed by atoms with Crippen molar-refractivity contribution >= 4 is 17.7 Å². The minimum Gasteiger partial charge on any atom is -0.337 e. The number of carbonyl (C=O) groups excluding carboxylic acids is 1. The fourth-order valence-corrected chi connectivity index (χ4v) is 4.02. The van der Waals surface area contributed by atoms with Crippen molar-refractivity contribution in [1.82, 2.24) is 15.0 Å². The Kier molecular flexibility index (Phi) is 6.48. The zero-order valence-corrected chi connectivity index (χ0v) is 18.3. The van der Waals surface area contributed by atoms with Crippen LogP contribution in [0.2, 0.25) is 0 Å². The van der Waals surface area contributed by atoms with Gasteiger partial charge in [-0.3, -0.25) is 4.79 Å². The van der Waals surface area contributed by atoms with E-state index in [1.165, 1.54) is 10.5 Å². The Balaban J connectivity index is 1.36. The molecule has 0 saturated carbocycles. The fourth-order valence-electron chi connectivity index (χ4n) is 3.14. The van der Waals surface area contributed by atoms with Gasteiger partial charge in [0.15, 0.2) is 0 Å². The molecule has 1 amide bonds. The van der Waals surface area contributed by atoms with Crippen molar-refractivity contribution in [1.29, 1.82) is 0 Å². The molecule has 31 heavy (non-hydrogen) atoms. The molecule has 0 bridgehead atoms. The molecule has 4 aromatic rings. The highest BCUT2D eigenvalue weighted by molar-refractivity contribution is 7.98. The third-order valence-electron chi connectivity index (χ3n) is 4.81. The van der Waals surface area contributed by atoms with Crippen LogP contribution in [0.15, 0.2) is 88.3 Å². The summed E-state index contributed by atoms with van der Waals surface area (Å²) in [6.45, 7) is 2.27. The SMILES string of the molecule is Cc1cccc(-c2noc(CN(C)C(=O)c3ccc(CSc4ccccc4)cc3)n2)c1. The van der Waals surface area contributed by atoms with Crippen molar-refractivity contribution < 1.29 is 9.32 Å². The van der Waals surface area contributed by atoms with Gasteiger partial charge in [-0.1, -0.05) is 59.3 Å². The summed E-state index contributed by atoms with van der Waals surface area (Å²) < 4.78 is 5.35. The van der Waals surface area contributed by atoms with Crippen LogP contribution in [0.25, 0.3) is 11.4 Å². The number of benzene rings is 3. The molecule has 6 heteroatoms. The molecule has 0 saturated heterocycles. The molecule has 0 aliphatic heterocycles. The minimum absolute atomic E-state index is 0.0856. The molecular weight excluding hydrogens is 406 g/mol. The lowest BCUT2D eigenvalue weighted by molar-refractivity contribution is 0.0769. The molecule has 0 aliphatic rings. The van der Waals surface area contributed by atoms with Gasteiger partial charge >= 0.3 is 0 Å². The van der Waals surface area contributed by atoms with Gasteiger partial charge in [-0.05, 0) is 42.8 Å². The molecule has 0 atom stereocenters. The van der Waals surface area contributed by atoms with Crippen molar-refractivity contribution in [2.24, 2.45) is 0 Å². The highest BCUT2D eigenvalue weighted by Crippen LogP contribution is 2.23. The van der Waals surface area contributed by atoms with Crippen LogP contribution >= 0.6 is 11.8 Å². The summed E-state index contributed by atoms with van der Waals surface area (Å²) >= 11 is 1.77. The predicted octanol–water partition coefficient (Wildman–Crippen LogP) is 5.61. The molecule has 0 N–H and O–H groups in total. The maximum atomic E-state index is 12.8. The van der Waals surface area contributed by atoms with E-state index in [9.17, 15) is 4.79 Å². The zero-order valence-electron chi connectivity index (χ0n) is 17.5. The molecular formula is C25H23N3O2S. The van der Waals surface area contributed by atoms with E-state index in [0.717, 1.165) is 16.9 Å². The van der Waals surface area contributed by atoms with E-state index in [0.29, 0.717) is 17.3 Å². The summed E-state index contributed by atoms with van der Waals surface area (Å²) in [5, 5.41) is 4.04. The maximum absolute atomic E-state index is 12.8. The summed E-state index contributed by atoms with van der Waals surface area (Å²) in [5.74, 6) is 1.71. The molecule has 0 unspecified atom stereocenters. The monoisotopic (exact) mass is 429 g/mol. The second kappa shape index (κ2) is 9.62. The molecule has 0 fully saturated rings. The van der Waals surface area contributed by atoms with Crippen molar-refractivity contribution in [2.75, 3.05) is 7.05 Å². The summed E-state index contributed by atoms with van der Waals surface area (Å²) in [6, 6.07) is 25.9. The molecule has 156 valence electrons. The lowest BCUT2D eigenvalue weighted by atomic mass is 10.1. The molecule has 0 aliphatic carbocycles. The number of carbonyl (C=O) groups is 1. The van der Waals surface area contributed by atoms with Gasteiger partial charge in [-0.25, -0.2) is 0 Å². The number of hydrogen-bond donors (Lipinski definition) is 0. The Bertz CT molecular complexity index is 1160. The molecule has 1 heterocycles. The zero-order chi connectivity index (χ0) is 21.6. The van der Waals surface area contributed by atoms with Crippen LogP contribution in [0.1, 0.15) is 27.4 Å². The van der Waals surface area contributed by atoms with Gasteiger partial charge in [-0.2, -0.15) is 4.98 Å². The first kappa shape index (κ1) is 20.9. The van der Waals surface area contributed by atoms with Gasteiger partial charge in [0.2, 0.25) is 11.7 Å². The number of hydrogen-bond acceptors (Lipinski definition) is 5. The third-order valence-corrected chi connectivity index (χ3v) is 5.90. The Morgan fingerprint density at radius 2 is 1.77 bits per heavy atom. The molecule has 0 spiro atoms. The van der Waals surface area contributed by atoms with E-state index in [1.807, 2.05) is 73.7 Å². The van der Waals surface area contributed by atoms with Crippen molar-refractivity contribution in [2.45, 2.75) is 24.1 Å². The Morgan fingerprint density at radius 3 is 2.52 bits per heavy atom. The average molecular weight is 430 g/mol. The second-order valence-corrected chi connectivity index (χ2v) is 8.39. The van der Waals surface area contributed by atoms with Crippen LogP contribution in [0.4, 0.5) is 0 Å². The number of aryl methyl sites for hydroxylation is 1. The molecule has 3 aromatic carbocycles. The number of nitrogens with zero attached hydrogens (tertiary/aromatic N) is 3. The first-order valence-electron chi connectivity index (χ1n) is 10.0. The summed E-state index contributed by atoms with van der Waals surface area (Å²) in [7, 11) is 1.73. The Morgan fingerprint density at radius 1 is 1.00 bits per heavy atom. The standard InChI is InChI=1S/C25H23N3O2S/c1-18-7-6-8-21(15-18)24-26-23(30-27-24)16-28(2)25(29)20-13-11-19(12-14-20)17-31-22-9-4-3-5-10-22/h3-15H,16-17H2,1-2H3. The van der Waals surface area contributed by atoms with Gasteiger partial charge in [0, 0.05) is 28.8 Å². The molecule has 1 aromatic heterocycles. The van der Waals surface area contributed by atoms with Gasteiger partial charge in [0.05, 0.1) is 6.54 Å². The lowest BCUT2D eigenvalue weighted by Gasteiger charge is -2.15. The number of thioether (sulfide) groups is 1. The van der Waals surface area contributed by atoms with Gasteiger partial charge in [-0.15, -0.1) is 11.8 Å². The predicted molar refractivity (Wildman–Crippen MR) is 123 cm³/mol. The third kappa shape index (κ3) is 5.41. The quantitative estimate of drug-likeness (QED) is 0.357. The van der Waals surface area contributed by atoms with E-state index >= 15 is 0 Å². The number of rotatable bonds is 7. The van der Waals surface area contributed by atoms with Gasteiger partial charge < -0.3 is 9.42 Å². The lowest BCUT2D eigenvalue weighted by Crippen LogP contribution is -2.26. The van der Waals surface area contributed by atoms with Crippen LogP contribution in [-0.4, -0.2) is 28.0 Å². The van der Waals surface area contributed by atoms with E-state index in [2.05, 4.69) is 22.3 Å². The van der Waals surface area contributed by atoms with Gasteiger partial charge in [0.1, 0.15) is 0 Å². The topological polar surface area (TPSA) is 59.2 Å². The maximum Gasteiger partial charge on any atom is 0.254 e. The average Bonchev–Trinajstić information content (AvgIpc) is 3.27. The summed E-state index contributed by atoms with van der Waals surface area (Å²) in [4.78, 5) is 20.0. The number of aromatic nitrogens is 2. The van der Waals surface area contributed by atoms with E-state index in [1.54, 1.807) is 23.7 Å². The highest BCUT2D eigenvalue weighted by Gasteiger charge is 2.16. The molecule has 4 rings (SSSR count). The Labute approximate surface area is 186 Å². The summed E-state index contributed by atoms with van der Waals surface area (Å²) in [6.07, 6.45) is 0. The van der Waals surface area contributed by atoms with Crippen molar-refractivity contribution in [3.8, 4) is 11.4 Å². The van der Waals surface area contributed by atoms with Crippen LogP contribution in [-0.2, 0) is 12.3 Å². The van der Waals surface area contributed by atoms with E-state index in [4.69, 9.17) is 4.52 Å². The van der Waals surface area contributed by atoms with Crippen LogP contribution in [0, 0.1) is 6.92 Å². The van der Waals surface area contributed by atoms with E-state index in [-0.39, 0.29) is 12.5 Å². The molecule has 5 nitrogen and oxygen atoms in total. The molecule has 0 radical (unpaired) electrons. The van der Waals surface area contributed by atoms with Crippen LogP contribution < -0.4 is 0 Å². The first-order valence-corrected chi connectivity index (χ1v) is 11.0. The van der Waals surface area contributed by atoms with Crippen molar-refractivity contribution in [3.63, 3.8) is 0 Å². The largest absolute Gasteiger partial charge is 0.337 e. The fraction of sp³-hybridized carbons (Fsp3) is 0.160. The van der Waals surface area contributed by atoms with E-state index < -0.39 is 0 Å². The normalized spacial score (nSPS) is 10.8. The summed E-state index contributed by atoms with van der Waals surface area (Å²) in [5.41, 5.74) is 3.83. The number of amides is 1. The highest BCUT2D eigenvalue weighted by atomic mass is 32.2. The van der Waals surface area contributed by atoms with Crippen LogP contribution in [0.3, 0.4) is 0 Å². The second-order valence-electron chi connectivity index (χ2n) is 7.34. The van der Waals surface area contributed by atoms with Crippen molar-refractivity contribution in [3.05, 3.63) is 101 Å².